The average Bonchev–Trinajstić information content (AvgIpc) is 3.64. The van der Waals surface area contributed by atoms with E-state index in [1.165, 1.54) is 4.90 Å². The largest absolute Gasteiger partial charge is 0.454 e. The number of amides is 2. The fourth-order valence-electron chi connectivity index (χ4n) is 6.84. The molecule has 3 fully saturated rings. The molecule has 6 unspecified atom stereocenters. The highest BCUT2D eigenvalue weighted by atomic mass is 79.9. The second kappa shape index (κ2) is 11.5. The fraction of sp³-hybridized carbons (Fsp3) is 0.242. The Morgan fingerprint density at radius 1 is 0.909 bits per heavy atom. The smallest absolute Gasteiger partial charge is 0.339 e. The summed E-state index contributed by atoms with van der Waals surface area (Å²) >= 11 is 17.3. The molecule has 2 saturated carbocycles. The molecular weight excluding hydrogens is 780 g/mol. The van der Waals surface area contributed by atoms with Crippen LogP contribution in [0.1, 0.15) is 27.1 Å². The van der Waals surface area contributed by atoms with Crippen LogP contribution in [0.4, 0.5) is 5.69 Å². The van der Waals surface area contributed by atoms with Gasteiger partial charge in [-0.2, -0.15) is 0 Å². The average molecular weight is 802 g/mol. The van der Waals surface area contributed by atoms with Crippen LogP contribution in [0.15, 0.2) is 77.3 Å². The molecule has 6 atom stereocenters. The Labute approximate surface area is 282 Å². The summed E-state index contributed by atoms with van der Waals surface area (Å²) in [6.07, 6.45) is 0.866. The number of hydrogen-bond acceptors (Lipinski definition) is 6. The van der Waals surface area contributed by atoms with Gasteiger partial charge in [0.1, 0.15) is 0 Å². The molecule has 0 spiro atoms. The van der Waals surface area contributed by atoms with Crippen LogP contribution in [0.2, 0.25) is 5.02 Å². The maximum atomic E-state index is 13.5. The van der Waals surface area contributed by atoms with E-state index in [1.807, 2.05) is 0 Å². The molecule has 4 aromatic rings. The summed E-state index contributed by atoms with van der Waals surface area (Å²) in [6, 6.07) is 20.5. The Morgan fingerprint density at radius 3 is 2.18 bits per heavy atom. The summed E-state index contributed by atoms with van der Waals surface area (Å²) in [7, 11) is 0. The van der Waals surface area contributed by atoms with Crippen molar-refractivity contribution in [2.45, 2.75) is 16.1 Å². The second-order valence-electron chi connectivity index (χ2n) is 11.3. The maximum absolute atomic E-state index is 13.5. The van der Waals surface area contributed by atoms with Crippen molar-refractivity contribution < 1.29 is 23.9 Å². The van der Waals surface area contributed by atoms with Gasteiger partial charge in [-0.25, -0.2) is 9.78 Å². The summed E-state index contributed by atoms with van der Waals surface area (Å²) in [5.74, 6) is -1.68. The molecule has 2 bridgehead atoms. The molecule has 1 aliphatic heterocycles. The molecule has 0 N–H and O–H groups in total. The zero-order valence-corrected chi connectivity index (χ0v) is 28.3. The number of alkyl halides is 2. The molecule has 0 radical (unpaired) electrons. The van der Waals surface area contributed by atoms with Gasteiger partial charge < -0.3 is 4.74 Å². The number of anilines is 1. The van der Waals surface area contributed by atoms with Gasteiger partial charge in [0.25, 0.3) is 0 Å². The third kappa shape index (κ3) is 4.85. The number of esters is 1. The number of para-hydroxylation sites is 1. The first-order chi connectivity index (χ1) is 21.1. The van der Waals surface area contributed by atoms with E-state index >= 15 is 0 Å². The fourth-order valence-corrected chi connectivity index (χ4v) is 9.20. The van der Waals surface area contributed by atoms with Crippen LogP contribution >= 0.6 is 59.4 Å². The highest BCUT2D eigenvalue weighted by molar-refractivity contribution is 9.12. The highest BCUT2D eigenvalue weighted by Crippen LogP contribution is 2.60. The van der Waals surface area contributed by atoms with Crippen molar-refractivity contribution >= 4 is 99.5 Å². The van der Waals surface area contributed by atoms with Crippen LogP contribution in [0.3, 0.4) is 0 Å². The number of imide groups is 1. The maximum Gasteiger partial charge on any atom is 0.339 e. The van der Waals surface area contributed by atoms with Crippen LogP contribution in [0, 0.1) is 23.7 Å². The van der Waals surface area contributed by atoms with E-state index in [-0.39, 0.29) is 56.5 Å². The Bertz CT molecular complexity index is 1830. The predicted octanol–water partition coefficient (Wildman–Crippen LogP) is 7.64. The van der Waals surface area contributed by atoms with E-state index in [2.05, 4.69) is 47.8 Å². The van der Waals surface area contributed by atoms with E-state index in [1.54, 1.807) is 72.8 Å². The van der Waals surface area contributed by atoms with Crippen molar-refractivity contribution in [1.29, 1.82) is 0 Å². The highest BCUT2D eigenvalue weighted by Gasteiger charge is 2.66. The lowest BCUT2D eigenvalue weighted by atomic mass is 9.81. The number of ether oxygens (including phenoxy) is 1. The molecule has 7 rings (SSSR count). The van der Waals surface area contributed by atoms with Crippen LogP contribution in [-0.4, -0.2) is 44.8 Å². The SMILES string of the molecule is O=C(COC(=O)c1cc(-c2ccc(N3C(=O)C4C5CC(C(Br)C5Br)C4C3=O)cc2)nc2c(Cl)cccc12)c1ccc(Br)cc1. The zero-order chi connectivity index (χ0) is 30.9. The quantitative estimate of drug-likeness (QED) is 0.0862. The molecule has 7 nitrogen and oxygen atoms in total. The zero-order valence-electron chi connectivity index (χ0n) is 22.8. The number of fused-ring (bicyclic) bond motifs is 6. The summed E-state index contributed by atoms with van der Waals surface area (Å²) in [4.78, 5) is 59.3. The number of carbonyl (C=O) groups excluding carboxylic acids is 4. The van der Waals surface area contributed by atoms with Gasteiger partial charge in [-0.05, 0) is 54.7 Å². The van der Waals surface area contributed by atoms with Gasteiger partial charge in [0.2, 0.25) is 11.8 Å². The number of aromatic nitrogens is 1. The number of pyridine rings is 1. The molecular formula is C33H22Br3ClN2O5. The Balaban J connectivity index is 1.16. The van der Waals surface area contributed by atoms with Gasteiger partial charge in [-0.1, -0.05) is 95.8 Å². The minimum absolute atomic E-state index is 0.130. The second-order valence-corrected chi connectivity index (χ2v) is 14.7. The third-order valence-electron chi connectivity index (χ3n) is 8.92. The van der Waals surface area contributed by atoms with Gasteiger partial charge in [0, 0.05) is 30.6 Å². The first-order valence-electron chi connectivity index (χ1n) is 14.0. The van der Waals surface area contributed by atoms with Crippen LogP contribution in [0.5, 0.6) is 0 Å². The number of Topliss-reactive ketones (excluding diaryl/α,β-unsaturated/α-hetero) is 1. The van der Waals surface area contributed by atoms with Crippen molar-refractivity contribution in [2.75, 3.05) is 11.5 Å². The van der Waals surface area contributed by atoms with E-state index < -0.39 is 12.6 Å². The molecule has 44 heavy (non-hydrogen) atoms. The lowest BCUT2D eigenvalue weighted by molar-refractivity contribution is -0.123. The summed E-state index contributed by atoms with van der Waals surface area (Å²) in [5, 5.41) is 0.842. The van der Waals surface area contributed by atoms with E-state index in [4.69, 9.17) is 21.3 Å². The lowest BCUT2D eigenvalue weighted by Crippen LogP contribution is -2.37. The molecule has 3 aromatic carbocycles. The van der Waals surface area contributed by atoms with Crippen molar-refractivity contribution in [3.8, 4) is 11.3 Å². The Morgan fingerprint density at radius 2 is 1.55 bits per heavy atom. The molecule has 1 aromatic heterocycles. The van der Waals surface area contributed by atoms with Crippen molar-refractivity contribution in [3.05, 3.63) is 93.4 Å². The van der Waals surface area contributed by atoms with Crippen molar-refractivity contribution in [1.82, 2.24) is 4.98 Å². The van der Waals surface area contributed by atoms with Gasteiger partial charge in [-0.15, -0.1) is 0 Å². The van der Waals surface area contributed by atoms with Crippen molar-refractivity contribution in [3.63, 3.8) is 0 Å². The van der Waals surface area contributed by atoms with Gasteiger partial charge >= 0.3 is 5.97 Å². The monoisotopic (exact) mass is 798 g/mol. The number of carbonyl (C=O) groups is 4. The van der Waals surface area contributed by atoms with Crippen LogP contribution in [0.25, 0.3) is 22.2 Å². The minimum atomic E-state index is -0.687. The Kier molecular flexibility index (Phi) is 7.76. The number of nitrogens with zero attached hydrogens (tertiary/aromatic N) is 2. The number of halogens is 4. The summed E-state index contributed by atoms with van der Waals surface area (Å²) in [5.41, 5.74) is 2.64. The standard InChI is InChI=1S/C33H22Br3ClN2O5/c34-17-8-4-16(5-9-17)25(40)14-44-33(43)20-13-24(38-30-19(20)2-1-3-23(30)37)15-6-10-18(11-7-15)39-31(41)26-21-12-22(27(26)32(39)42)29(36)28(21)35/h1-11,13,21-22,26-29H,12,14H2. The number of ketones is 1. The van der Waals surface area contributed by atoms with Crippen LogP contribution < -0.4 is 4.90 Å². The topological polar surface area (TPSA) is 93.6 Å². The summed E-state index contributed by atoms with van der Waals surface area (Å²) < 4.78 is 6.27. The predicted molar refractivity (Wildman–Crippen MR) is 177 cm³/mol. The first-order valence-corrected chi connectivity index (χ1v) is 17.0. The molecule has 2 heterocycles. The number of rotatable bonds is 6. The normalized spacial score (nSPS) is 25.5. The molecule has 2 amide bonds. The number of benzene rings is 3. The number of hydrogen-bond donors (Lipinski definition) is 0. The van der Waals surface area contributed by atoms with Crippen molar-refractivity contribution in [2.24, 2.45) is 23.7 Å². The lowest BCUT2D eigenvalue weighted by Gasteiger charge is -2.28. The van der Waals surface area contributed by atoms with Gasteiger partial charge in [-0.3, -0.25) is 19.3 Å². The van der Waals surface area contributed by atoms with Gasteiger partial charge in [0.05, 0.1) is 39.3 Å². The minimum Gasteiger partial charge on any atom is -0.454 e. The first kappa shape index (κ1) is 29.8. The molecule has 11 heteroatoms. The van der Waals surface area contributed by atoms with E-state index in [0.29, 0.717) is 38.4 Å². The molecule has 222 valence electrons. The third-order valence-corrected chi connectivity index (χ3v) is 13.0. The molecule has 2 aliphatic carbocycles. The molecule has 1 saturated heterocycles. The molecule has 3 aliphatic rings. The Hall–Kier alpha value is -2.92. The van der Waals surface area contributed by atoms with Gasteiger partial charge in [0.15, 0.2) is 12.4 Å². The van der Waals surface area contributed by atoms with E-state index in [9.17, 15) is 19.2 Å². The summed E-state index contributed by atoms with van der Waals surface area (Å²) in [6.45, 7) is -0.428. The van der Waals surface area contributed by atoms with Crippen LogP contribution in [-0.2, 0) is 14.3 Å². The van der Waals surface area contributed by atoms with E-state index in [0.717, 1.165) is 10.9 Å².